The van der Waals surface area contributed by atoms with E-state index in [4.69, 9.17) is 5.73 Å². The molecule has 1 amide bonds. The predicted molar refractivity (Wildman–Crippen MR) is 86.1 cm³/mol. The third kappa shape index (κ3) is 4.85. The summed E-state index contributed by atoms with van der Waals surface area (Å²) in [5, 5.41) is 2.87. The van der Waals surface area contributed by atoms with Crippen molar-refractivity contribution in [2.75, 3.05) is 23.3 Å². The van der Waals surface area contributed by atoms with Crippen LogP contribution in [0.3, 0.4) is 0 Å². The molecule has 0 saturated carbocycles. The standard InChI is InChI=1S/C16H27N3O/c1-4-7-8-15(17)16(20)18-13-9-11-14(12-10-13)19(5-2)6-3/h9-12,15H,4-8,17H2,1-3H3,(H,18,20)/t15-/m0/s1. The number of nitrogens with two attached hydrogens (primary N) is 1. The molecule has 4 nitrogen and oxygen atoms in total. The van der Waals surface area contributed by atoms with Crippen LogP contribution in [0.25, 0.3) is 0 Å². The molecule has 0 aliphatic rings. The molecule has 1 aromatic rings. The zero-order valence-corrected chi connectivity index (χ0v) is 12.9. The van der Waals surface area contributed by atoms with Crippen LogP contribution in [0.5, 0.6) is 0 Å². The molecular formula is C16H27N3O. The molecule has 0 aliphatic heterocycles. The van der Waals surface area contributed by atoms with Gasteiger partial charge in [-0.15, -0.1) is 0 Å². The Morgan fingerprint density at radius 1 is 1.20 bits per heavy atom. The summed E-state index contributed by atoms with van der Waals surface area (Å²) in [5.41, 5.74) is 7.83. The van der Waals surface area contributed by atoms with E-state index in [1.165, 1.54) is 5.69 Å². The number of nitrogens with zero attached hydrogens (tertiary/aromatic N) is 1. The molecule has 0 aliphatic carbocycles. The Hall–Kier alpha value is -1.55. The van der Waals surface area contributed by atoms with Gasteiger partial charge in [-0.05, 0) is 44.5 Å². The van der Waals surface area contributed by atoms with E-state index < -0.39 is 6.04 Å². The van der Waals surface area contributed by atoms with Gasteiger partial charge in [-0.3, -0.25) is 4.79 Å². The molecule has 0 radical (unpaired) electrons. The van der Waals surface area contributed by atoms with Crippen LogP contribution in [0, 0.1) is 0 Å². The molecule has 0 bridgehead atoms. The maximum absolute atomic E-state index is 11.9. The maximum Gasteiger partial charge on any atom is 0.241 e. The lowest BCUT2D eigenvalue weighted by Crippen LogP contribution is -2.35. The van der Waals surface area contributed by atoms with Gasteiger partial charge in [0.05, 0.1) is 6.04 Å². The molecule has 0 spiro atoms. The first-order valence-electron chi connectivity index (χ1n) is 7.53. The molecule has 1 rings (SSSR count). The van der Waals surface area contributed by atoms with E-state index in [2.05, 4.69) is 31.0 Å². The van der Waals surface area contributed by atoms with Crippen molar-refractivity contribution in [1.82, 2.24) is 0 Å². The molecule has 3 N–H and O–H groups in total. The minimum Gasteiger partial charge on any atom is -0.372 e. The third-order valence-corrected chi connectivity index (χ3v) is 3.47. The van der Waals surface area contributed by atoms with E-state index in [1.807, 2.05) is 24.3 Å². The Morgan fingerprint density at radius 2 is 1.80 bits per heavy atom. The monoisotopic (exact) mass is 277 g/mol. The number of amides is 1. The second kappa shape index (κ2) is 8.59. The number of anilines is 2. The van der Waals surface area contributed by atoms with Crippen molar-refractivity contribution < 1.29 is 4.79 Å². The number of carbonyl (C=O) groups is 1. The van der Waals surface area contributed by atoms with E-state index in [0.29, 0.717) is 0 Å². The van der Waals surface area contributed by atoms with Gasteiger partial charge in [-0.1, -0.05) is 19.8 Å². The lowest BCUT2D eigenvalue weighted by atomic mass is 10.1. The van der Waals surface area contributed by atoms with E-state index >= 15 is 0 Å². The van der Waals surface area contributed by atoms with Gasteiger partial charge in [0.1, 0.15) is 0 Å². The summed E-state index contributed by atoms with van der Waals surface area (Å²) in [7, 11) is 0. The first kappa shape index (κ1) is 16.5. The predicted octanol–water partition coefficient (Wildman–Crippen LogP) is 2.99. The summed E-state index contributed by atoms with van der Waals surface area (Å²) in [5.74, 6) is -0.103. The van der Waals surface area contributed by atoms with Crippen molar-refractivity contribution in [3.8, 4) is 0 Å². The number of carbonyl (C=O) groups excluding carboxylic acids is 1. The van der Waals surface area contributed by atoms with Crippen LogP contribution in [0.1, 0.15) is 40.0 Å². The minimum atomic E-state index is -0.419. The van der Waals surface area contributed by atoms with Gasteiger partial charge in [0.15, 0.2) is 0 Å². The van der Waals surface area contributed by atoms with Crippen molar-refractivity contribution in [1.29, 1.82) is 0 Å². The second-order valence-electron chi connectivity index (χ2n) is 4.96. The molecule has 1 atom stereocenters. The highest BCUT2D eigenvalue weighted by Crippen LogP contribution is 2.17. The fraction of sp³-hybridized carbons (Fsp3) is 0.562. The molecule has 20 heavy (non-hydrogen) atoms. The molecule has 112 valence electrons. The molecular weight excluding hydrogens is 250 g/mol. The topological polar surface area (TPSA) is 58.4 Å². The average molecular weight is 277 g/mol. The maximum atomic E-state index is 11.9. The molecule has 0 unspecified atom stereocenters. The second-order valence-corrected chi connectivity index (χ2v) is 4.96. The molecule has 0 saturated heterocycles. The van der Waals surface area contributed by atoms with E-state index in [9.17, 15) is 4.79 Å². The first-order chi connectivity index (χ1) is 9.62. The van der Waals surface area contributed by atoms with Crippen LogP contribution in [0.2, 0.25) is 0 Å². The molecule has 0 fully saturated rings. The van der Waals surface area contributed by atoms with E-state index in [1.54, 1.807) is 0 Å². The van der Waals surface area contributed by atoms with Gasteiger partial charge in [0.25, 0.3) is 0 Å². The number of nitrogens with one attached hydrogen (secondary N) is 1. The highest BCUT2D eigenvalue weighted by Gasteiger charge is 2.12. The van der Waals surface area contributed by atoms with Crippen molar-refractivity contribution in [3.05, 3.63) is 24.3 Å². The number of unbranched alkanes of at least 4 members (excludes halogenated alkanes) is 1. The summed E-state index contributed by atoms with van der Waals surface area (Å²) in [6.07, 6.45) is 2.77. The van der Waals surface area contributed by atoms with Gasteiger partial charge in [0, 0.05) is 24.5 Å². The van der Waals surface area contributed by atoms with E-state index in [0.717, 1.165) is 38.0 Å². The normalized spacial score (nSPS) is 12.0. The SMILES string of the molecule is CCCC[C@H](N)C(=O)Nc1ccc(N(CC)CC)cc1. The Balaban J connectivity index is 2.58. The van der Waals surface area contributed by atoms with Gasteiger partial charge >= 0.3 is 0 Å². The van der Waals surface area contributed by atoms with Crippen molar-refractivity contribution in [3.63, 3.8) is 0 Å². The summed E-state index contributed by atoms with van der Waals surface area (Å²) < 4.78 is 0. The highest BCUT2D eigenvalue weighted by atomic mass is 16.2. The van der Waals surface area contributed by atoms with Crippen LogP contribution in [0.15, 0.2) is 24.3 Å². The summed E-state index contributed by atoms with van der Waals surface area (Å²) in [6.45, 7) is 8.31. The van der Waals surface area contributed by atoms with Gasteiger partial charge < -0.3 is 16.0 Å². The molecule has 4 heteroatoms. The van der Waals surface area contributed by atoms with Crippen molar-refractivity contribution >= 4 is 17.3 Å². The summed E-state index contributed by atoms with van der Waals surface area (Å²) >= 11 is 0. The van der Waals surface area contributed by atoms with E-state index in [-0.39, 0.29) is 5.91 Å². The molecule has 1 aromatic carbocycles. The molecule has 0 aromatic heterocycles. The van der Waals surface area contributed by atoms with Gasteiger partial charge in [-0.25, -0.2) is 0 Å². The Kier molecular flexibility index (Phi) is 7.09. The quantitative estimate of drug-likeness (QED) is 0.768. The first-order valence-corrected chi connectivity index (χ1v) is 7.53. The zero-order valence-electron chi connectivity index (χ0n) is 12.9. The highest BCUT2D eigenvalue weighted by molar-refractivity contribution is 5.94. The van der Waals surface area contributed by atoms with Crippen LogP contribution >= 0.6 is 0 Å². The van der Waals surface area contributed by atoms with Crippen LogP contribution < -0.4 is 16.0 Å². The zero-order chi connectivity index (χ0) is 15.0. The fourth-order valence-electron chi connectivity index (χ4n) is 2.13. The Morgan fingerprint density at radius 3 is 2.30 bits per heavy atom. The number of benzene rings is 1. The summed E-state index contributed by atoms with van der Waals surface area (Å²) in [4.78, 5) is 14.2. The largest absolute Gasteiger partial charge is 0.372 e. The fourth-order valence-corrected chi connectivity index (χ4v) is 2.13. The van der Waals surface area contributed by atoms with Crippen LogP contribution in [0.4, 0.5) is 11.4 Å². The van der Waals surface area contributed by atoms with Crippen molar-refractivity contribution in [2.24, 2.45) is 5.73 Å². The molecule has 0 heterocycles. The third-order valence-electron chi connectivity index (χ3n) is 3.47. The van der Waals surface area contributed by atoms with Gasteiger partial charge in [0.2, 0.25) is 5.91 Å². The van der Waals surface area contributed by atoms with Crippen LogP contribution in [-0.2, 0) is 4.79 Å². The van der Waals surface area contributed by atoms with Crippen molar-refractivity contribution in [2.45, 2.75) is 46.1 Å². The summed E-state index contributed by atoms with van der Waals surface area (Å²) in [6, 6.07) is 7.49. The smallest absolute Gasteiger partial charge is 0.241 e. The van der Waals surface area contributed by atoms with Gasteiger partial charge in [-0.2, -0.15) is 0 Å². The number of hydrogen-bond donors (Lipinski definition) is 2. The number of hydrogen-bond acceptors (Lipinski definition) is 3. The number of rotatable bonds is 8. The Labute approximate surface area is 122 Å². The average Bonchev–Trinajstić information content (AvgIpc) is 2.47. The lowest BCUT2D eigenvalue weighted by molar-refractivity contribution is -0.117. The lowest BCUT2D eigenvalue weighted by Gasteiger charge is -2.21. The minimum absolute atomic E-state index is 0.103. The Bertz CT molecular complexity index is 399. The van der Waals surface area contributed by atoms with Crippen LogP contribution in [-0.4, -0.2) is 25.0 Å².